The Labute approximate surface area is 228 Å². The molecule has 4 aromatic rings. The van der Waals surface area contributed by atoms with Crippen LogP contribution in [-0.4, -0.2) is 45.9 Å². The third kappa shape index (κ3) is 5.42. The smallest absolute Gasteiger partial charge is 0.332 e. The second-order valence-corrected chi connectivity index (χ2v) is 8.37. The van der Waals surface area contributed by atoms with E-state index in [9.17, 15) is 14.4 Å². The molecule has 0 bridgehead atoms. The number of carbonyl (C=O) groups excluding carboxylic acids is 1. The number of halogens is 1. The minimum atomic E-state index is -0.413. The molecule has 0 spiro atoms. The van der Waals surface area contributed by atoms with Gasteiger partial charge in [0.05, 0.1) is 27.7 Å². The van der Waals surface area contributed by atoms with Crippen LogP contribution >= 0.6 is 0 Å². The number of pyridine rings is 1. The molecule has 0 aliphatic rings. The highest BCUT2D eigenvalue weighted by Gasteiger charge is 2.18. The third-order valence-electron chi connectivity index (χ3n) is 6.08. The molecular weight excluding hydrogens is 560 g/mol. The van der Waals surface area contributed by atoms with Gasteiger partial charge in [0.2, 0.25) is 5.75 Å². The van der Waals surface area contributed by atoms with Crippen LogP contribution < -0.4 is 52.3 Å². The van der Waals surface area contributed by atoms with Crippen LogP contribution in [-0.2, 0) is 27.2 Å². The second-order valence-electron chi connectivity index (χ2n) is 8.37. The molecule has 202 valence electrons. The molecule has 0 saturated heterocycles. The van der Waals surface area contributed by atoms with Crippen molar-refractivity contribution in [2.45, 2.75) is 19.5 Å². The summed E-state index contributed by atoms with van der Waals surface area (Å²) in [5, 5.41) is 2.89. The third-order valence-corrected chi connectivity index (χ3v) is 6.08. The lowest BCUT2D eigenvalue weighted by molar-refractivity contribution is -0.696. The van der Waals surface area contributed by atoms with E-state index in [4.69, 9.17) is 14.2 Å². The molecule has 3 aromatic heterocycles. The molecule has 0 fully saturated rings. The van der Waals surface area contributed by atoms with Crippen LogP contribution in [0.1, 0.15) is 16.8 Å². The lowest BCUT2D eigenvalue weighted by Crippen LogP contribution is -3.00. The molecule has 13 heteroatoms. The van der Waals surface area contributed by atoms with Gasteiger partial charge in [0.15, 0.2) is 35.1 Å². The van der Waals surface area contributed by atoms with Crippen LogP contribution in [0.3, 0.4) is 0 Å². The average Bonchev–Trinajstić information content (AvgIpc) is 3.34. The molecule has 3 heterocycles. The van der Waals surface area contributed by atoms with Crippen molar-refractivity contribution >= 4 is 22.8 Å². The van der Waals surface area contributed by atoms with Crippen molar-refractivity contribution in [1.29, 1.82) is 0 Å². The Morgan fingerprint density at radius 1 is 1.05 bits per heavy atom. The number of hydrogen-bond donors (Lipinski definition) is 1. The van der Waals surface area contributed by atoms with Crippen molar-refractivity contribution in [3.05, 3.63) is 69.4 Å². The summed E-state index contributed by atoms with van der Waals surface area (Å²) in [4.78, 5) is 41.9. The molecule has 0 saturated carbocycles. The Kier molecular flexibility index (Phi) is 8.94. The van der Waals surface area contributed by atoms with E-state index in [1.165, 1.54) is 32.9 Å². The zero-order valence-electron chi connectivity index (χ0n) is 21.7. The summed E-state index contributed by atoms with van der Waals surface area (Å²) >= 11 is 0. The predicted molar refractivity (Wildman–Crippen MR) is 136 cm³/mol. The van der Waals surface area contributed by atoms with Gasteiger partial charge in [-0.3, -0.25) is 18.7 Å². The number of nitrogens with zero attached hydrogens (tertiary/aromatic N) is 5. The second kappa shape index (κ2) is 11.9. The van der Waals surface area contributed by atoms with Crippen LogP contribution in [0.2, 0.25) is 0 Å². The van der Waals surface area contributed by atoms with Gasteiger partial charge in [0.1, 0.15) is 12.2 Å². The molecule has 12 nitrogen and oxygen atoms in total. The van der Waals surface area contributed by atoms with E-state index < -0.39 is 5.69 Å². The highest BCUT2D eigenvalue weighted by molar-refractivity contribution is 6.05. The van der Waals surface area contributed by atoms with Crippen molar-refractivity contribution < 1.29 is 40.6 Å². The van der Waals surface area contributed by atoms with Gasteiger partial charge in [-0.15, -0.1) is 0 Å². The topological polar surface area (TPSA) is 122 Å². The standard InChI is InChI=1S/C25H28N6O6.BrH/c1-28-22-20(24(33)29(2)25(28)34)31(15-26-22)11-7-10-30-9-6-8-17(14-30)27-23(32)16-12-18(35-3)21(37-5)19(13-16)36-4;/h6,8-9,12-15H,7,10-11H2,1-5H3;1H. The molecule has 38 heavy (non-hydrogen) atoms. The Hall–Kier alpha value is -4.13. The number of aromatic nitrogens is 5. The van der Waals surface area contributed by atoms with E-state index in [0.29, 0.717) is 59.2 Å². The summed E-state index contributed by atoms with van der Waals surface area (Å²) in [5.41, 5.74) is 0.924. The lowest BCUT2D eigenvalue weighted by Gasteiger charge is -2.14. The largest absolute Gasteiger partial charge is 1.00 e. The minimum absolute atomic E-state index is 0. The molecule has 0 aliphatic heterocycles. The van der Waals surface area contributed by atoms with Crippen molar-refractivity contribution in [2.24, 2.45) is 14.1 Å². The summed E-state index contributed by atoms with van der Waals surface area (Å²) < 4.78 is 22.1. The number of aryl methyl sites for hydroxylation is 3. The molecular formula is C25H29BrN6O6. The molecule has 1 aromatic carbocycles. The van der Waals surface area contributed by atoms with Gasteiger partial charge < -0.3 is 41.1 Å². The highest BCUT2D eigenvalue weighted by Crippen LogP contribution is 2.38. The van der Waals surface area contributed by atoms with E-state index >= 15 is 0 Å². The molecule has 1 N–H and O–H groups in total. The summed E-state index contributed by atoms with van der Waals surface area (Å²) in [5.74, 6) is 0.849. The van der Waals surface area contributed by atoms with Crippen LogP contribution in [0.4, 0.5) is 5.69 Å². The van der Waals surface area contributed by atoms with Gasteiger partial charge in [-0.1, -0.05) is 0 Å². The van der Waals surface area contributed by atoms with E-state index in [2.05, 4.69) is 10.3 Å². The van der Waals surface area contributed by atoms with Gasteiger partial charge in [-0.25, -0.2) is 14.3 Å². The monoisotopic (exact) mass is 588 g/mol. The quantitative estimate of drug-likeness (QED) is 0.226. The van der Waals surface area contributed by atoms with Gasteiger partial charge in [0.25, 0.3) is 11.5 Å². The molecule has 0 radical (unpaired) electrons. The summed E-state index contributed by atoms with van der Waals surface area (Å²) in [6, 6.07) is 6.80. The number of nitrogens with one attached hydrogen (secondary N) is 1. The Bertz CT molecular complexity index is 1570. The maximum atomic E-state index is 12.9. The van der Waals surface area contributed by atoms with Crippen LogP contribution in [0.5, 0.6) is 17.2 Å². The highest BCUT2D eigenvalue weighted by atomic mass is 79.9. The van der Waals surface area contributed by atoms with E-state index in [-0.39, 0.29) is 28.4 Å². The van der Waals surface area contributed by atoms with Crippen molar-refractivity contribution in [3.8, 4) is 17.2 Å². The van der Waals surface area contributed by atoms with Crippen molar-refractivity contribution in [1.82, 2.24) is 18.7 Å². The zero-order chi connectivity index (χ0) is 26.7. The predicted octanol–water partition coefficient (Wildman–Crippen LogP) is -1.91. The fraction of sp³-hybridized carbons (Fsp3) is 0.320. The van der Waals surface area contributed by atoms with Crippen molar-refractivity contribution in [2.75, 3.05) is 26.6 Å². The molecule has 0 atom stereocenters. The maximum absolute atomic E-state index is 12.9. The number of rotatable bonds is 9. The fourth-order valence-corrected chi connectivity index (χ4v) is 4.14. The number of hydrogen-bond acceptors (Lipinski definition) is 7. The number of benzene rings is 1. The van der Waals surface area contributed by atoms with E-state index in [0.717, 1.165) is 4.57 Å². The normalized spacial score (nSPS) is 10.7. The number of methoxy groups -OCH3 is 3. The Balaban J connectivity index is 0.00000400. The van der Waals surface area contributed by atoms with Gasteiger partial charge in [-0.05, 0) is 18.2 Å². The Morgan fingerprint density at radius 3 is 2.37 bits per heavy atom. The first kappa shape index (κ1) is 28.4. The number of imidazole rings is 1. The number of ether oxygens (including phenoxy) is 3. The Morgan fingerprint density at radius 2 is 1.74 bits per heavy atom. The van der Waals surface area contributed by atoms with Crippen LogP contribution in [0.15, 0.2) is 52.6 Å². The summed E-state index contributed by atoms with van der Waals surface area (Å²) in [6.45, 7) is 1.15. The van der Waals surface area contributed by atoms with Gasteiger partial charge >= 0.3 is 5.69 Å². The van der Waals surface area contributed by atoms with Gasteiger partial charge in [-0.2, -0.15) is 0 Å². The first-order valence-corrected chi connectivity index (χ1v) is 11.5. The average molecular weight is 589 g/mol. The van der Waals surface area contributed by atoms with Crippen LogP contribution in [0.25, 0.3) is 11.2 Å². The summed E-state index contributed by atoms with van der Waals surface area (Å²) in [7, 11) is 7.53. The first-order valence-electron chi connectivity index (χ1n) is 11.5. The molecule has 0 unspecified atom stereocenters. The SMILES string of the molecule is COc1cc(C(=O)Nc2ccc[n+](CCCn3cnc4c3c(=O)n(C)c(=O)n4C)c2)cc(OC)c1OC.[Br-]. The number of anilines is 1. The number of amides is 1. The number of carbonyl (C=O) groups is 1. The zero-order valence-corrected chi connectivity index (χ0v) is 23.3. The molecule has 0 aliphatic carbocycles. The van der Waals surface area contributed by atoms with Crippen molar-refractivity contribution in [3.63, 3.8) is 0 Å². The molecule has 4 rings (SSSR count). The molecule has 1 amide bonds. The first-order chi connectivity index (χ1) is 17.8. The fourth-order valence-electron chi connectivity index (χ4n) is 4.14. The van der Waals surface area contributed by atoms with E-state index in [1.807, 2.05) is 23.0 Å². The van der Waals surface area contributed by atoms with Gasteiger partial charge in [0, 0.05) is 38.7 Å². The summed E-state index contributed by atoms with van der Waals surface area (Å²) in [6.07, 6.45) is 5.98. The van der Waals surface area contributed by atoms with E-state index in [1.54, 1.807) is 36.1 Å². The number of fused-ring (bicyclic) bond motifs is 1. The lowest BCUT2D eigenvalue weighted by atomic mass is 10.1. The minimum Gasteiger partial charge on any atom is -1.00 e. The van der Waals surface area contributed by atoms with Crippen LogP contribution in [0, 0.1) is 0 Å². The maximum Gasteiger partial charge on any atom is 0.332 e.